The van der Waals surface area contributed by atoms with Crippen molar-refractivity contribution >= 4 is 21.6 Å². The van der Waals surface area contributed by atoms with Gasteiger partial charge in [0.05, 0.1) is 17.7 Å². The molecule has 0 aliphatic heterocycles. The summed E-state index contributed by atoms with van der Waals surface area (Å²) in [5.41, 5.74) is 0.514. The third-order valence-corrected chi connectivity index (χ3v) is 7.23. The highest BCUT2D eigenvalue weighted by Gasteiger charge is 2.28. The summed E-state index contributed by atoms with van der Waals surface area (Å²) in [5, 5.41) is 18.7. The van der Waals surface area contributed by atoms with Crippen LogP contribution in [0.1, 0.15) is 50.2 Å². The lowest BCUT2D eigenvalue weighted by atomic mass is 10.2. The molecule has 3 aromatic rings. The van der Waals surface area contributed by atoms with Crippen LogP contribution in [0.15, 0.2) is 47.4 Å². The zero-order valence-electron chi connectivity index (χ0n) is 22.0. The summed E-state index contributed by atoms with van der Waals surface area (Å²) in [6, 6.07) is 9.50. The number of methoxy groups -OCH3 is 1. The van der Waals surface area contributed by atoms with Gasteiger partial charge in [0.25, 0.3) is 11.6 Å². The smallest absolute Gasteiger partial charge is 0.272 e. The van der Waals surface area contributed by atoms with Crippen LogP contribution in [0.3, 0.4) is 0 Å². The fourth-order valence-corrected chi connectivity index (χ4v) is 4.94. The lowest BCUT2D eigenvalue weighted by Crippen LogP contribution is -2.32. The maximum Gasteiger partial charge on any atom is 0.272 e. The van der Waals surface area contributed by atoms with E-state index in [0.29, 0.717) is 23.4 Å². The number of rotatable bonds is 11. The van der Waals surface area contributed by atoms with Crippen LogP contribution in [-0.4, -0.2) is 48.2 Å². The van der Waals surface area contributed by atoms with E-state index in [4.69, 9.17) is 9.47 Å². The number of benzene rings is 2. The van der Waals surface area contributed by atoms with Crippen LogP contribution < -0.4 is 19.5 Å². The van der Waals surface area contributed by atoms with Gasteiger partial charge in [-0.25, -0.2) is 13.1 Å². The first-order valence-corrected chi connectivity index (χ1v) is 13.4. The van der Waals surface area contributed by atoms with Gasteiger partial charge < -0.3 is 14.8 Å². The summed E-state index contributed by atoms with van der Waals surface area (Å²) in [7, 11) is -2.68. The van der Waals surface area contributed by atoms with E-state index in [1.807, 2.05) is 13.8 Å². The molecule has 12 nitrogen and oxygen atoms in total. The predicted octanol–water partition coefficient (Wildman–Crippen LogP) is 4.10. The number of aromatic nitrogens is 2. The van der Waals surface area contributed by atoms with Crippen LogP contribution in [0.25, 0.3) is 5.69 Å². The Kier molecular flexibility index (Phi) is 8.74. The van der Waals surface area contributed by atoms with E-state index >= 15 is 0 Å². The van der Waals surface area contributed by atoms with Gasteiger partial charge in [-0.2, -0.15) is 9.78 Å². The zero-order chi connectivity index (χ0) is 28.2. The summed E-state index contributed by atoms with van der Waals surface area (Å²) in [5.74, 6) is 0.0558. The Morgan fingerprint density at radius 2 is 1.82 bits per heavy atom. The summed E-state index contributed by atoms with van der Waals surface area (Å²) in [6.07, 6.45) is 0.502. The van der Waals surface area contributed by atoms with Crippen LogP contribution >= 0.6 is 0 Å². The Labute approximate surface area is 221 Å². The summed E-state index contributed by atoms with van der Waals surface area (Å²) >= 11 is 0. The fraction of sp³-hybridized carbons (Fsp3) is 0.360. The molecule has 0 aliphatic rings. The van der Waals surface area contributed by atoms with Crippen LogP contribution in [0.4, 0.5) is 5.69 Å². The molecule has 2 N–H and O–H groups in total. The second kappa shape index (κ2) is 11.6. The maximum absolute atomic E-state index is 13.2. The number of hydrogen-bond acceptors (Lipinski definition) is 8. The first kappa shape index (κ1) is 28.6. The number of hydrogen-bond donors (Lipinski definition) is 2. The lowest BCUT2D eigenvalue weighted by Gasteiger charge is -2.16. The minimum absolute atomic E-state index is 0.0675. The number of nitro groups is 1. The van der Waals surface area contributed by atoms with Crippen LogP contribution in [0.2, 0.25) is 0 Å². The molecule has 2 aromatic carbocycles. The van der Waals surface area contributed by atoms with Gasteiger partial charge in [0, 0.05) is 29.8 Å². The minimum Gasteiger partial charge on any atom is -0.497 e. The average molecular weight is 546 g/mol. The van der Waals surface area contributed by atoms with E-state index < -0.39 is 37.5 Å². The van der Waals surface area contributed by atoms with Crippen molar-refractivity contribution in [3.05, 3.63) is 63.8 Å². The quantitative estimate of drug-likeness (QED) is 0.269. The largest absolute Gasteiger partial charge is 0.497 e. The fourth-order valence-electron chi connectivity index (χ4n) is 3.47. The molecule has 204 valence electrons. The van der Waals surface area contributed by atoms with Crippen molar-refractivity contribution in [2.75, 3.05) is 7.11 Å². The topological polar surface area (TPSA) is 155 Å². The summed E-state index contributed by atoms with van der Waals surface area (Å²) in [4.78, 5) is 23.2. The molecule has 0 bridgehead atoms. The van der Waals surface area contributed by atoms with Crippen molar-refractivity contribution in [2.24, 2.45) is 0 Å². The van der Waals surface area contributed by atoms with Gasteiger partial charge in [0.1, 0.15) is 16.4 Å². The van der Waals surface area contributed by atoms with Gasteiger partial charge in [0.2, 0.25) is 15.9 Å². The Bertz CT molecular complexity index is 1430. The standard InChI is InChI=1S/C25H31N5O7S/c1-7-16(4)28-38(34,35)22-14-19(30(32)33)10-13-21(22)37-25-17(5)23(24(31)26-15(2)3)27-29(25)18-8-11-20(36-6)12-9-18/h8-16,28H,7H2,1-6H3,(H,26,31)/t16-/m1/s1. The highest BCUT2D eigenvalue weighted by Crippen LogP contribution is 2.36. The Hall–Kier alpha value is -3.97. The first-order valence-electron chi connectivity index (χ1n) is 11.9. The third kappa shape index (κ3) is 6.29. The Balaban J connectivity index is 2.20. The number of carbonyl (C=O) groups is 1. The van der Waals surface area contributed by atoms with Crippen molar-refractivity contribution in [2.45, 2.75) is 58.0 Å². The lowest BCUT2D eigenvalue weighted by molar-refractivity contribution is -0.385. The number of ether oxygens (including phenoxy) is 2. The molecule has 0 spiro atoms. The molecule has 0 aliphatic carbocycles. The number of nitro benzene ring substituents is 1. The van der Waals surface area contributed by atoms with Gasteiger partial charge in [0.15, 0.2) is 5.69 Å². The Morgan fingerprint density at radius 1 is 1.16 bits per heavy atom. The van der Waals surface area contributed by atoms with Gasteiger partial charge >= 0.3 is 0 Å². The first-order chi connectivity index (χ1) is 17.9. The SMILES string of the molecule is CC[C@@H](C)NS(=O)(=O)c1cc([N+](=O)[O-])ccc1Oc1c(C)c(C(=O)NC(C)C)nn1-c1ccc(OC)cc1. The predicted molar refractivity (Wildman–Crippen MR) is 141 cm³/mol. The molecule has 0 unspecified atom stereocenters. The van der Waals surface area contributed by atoms with E-state index in [1.165, 1.54) is 17.9 Å². The van der Waals surface area contributed by atoms with Crippen LogP contribution in [0.5, 0.6) is 17.4 Å². The van der Waals surface area contributed by atoms with E-state index in [9.17, 15) is 23.3 Å². The van der Waals surface area contributed by atoms with Crippen molar-refractivity contribution in [3.63, 3.8) is 0 Å². The monoisotopic (exact) mass is 545 g/mol. The van der Waals surface area contributed by atoms with Crippen LogP contribution in [-0.2, 0) is 10.0 Å². The molecule has 13 heteroatoms. The van der Waals surface area contributed by atoms with Crippen LogP contribution in [0, 0.1) is 17.0 Å². The molecule has 1 heterocycles. The molecule has 0 saturated heterocycles. The summed E-state index contributed by atoms with van der Waals surface area (Å²) in [6.45, 7) is 8.72. The van der Waals surface area contributed by atoms with E-state index in [0.717, 1.165) is 12.1 Å². The zero-order valence-corrected chi connectivity index (χ0v) is 22.8. The van der Waals surface area contributed by atoms with Crippen molar-refractivity contribution in [1.29, 1.82) is 0 Å². The van der Waals surface area contributed by atoms with Crippen molar-refractivity contribution in [3.8, 4) is 23.1 Å². The second-order valence-corrected chi connectivity index (χ2v) is 10.6. The molecule has 1 aromatic heterocycles. The maximum atomic E-state index is 13.2. The molecule has 1 atom stereocenters. The summed E-state index contributed by atoms with van der Waals surface area (Å²) < 4.78 is 41.6. The van der Waals surface area contributed by atoms with E-state index in [1.54, 1.807) is 45.0 Å². The van der Waals surface area contributed by atoms with E-state index in [2.05, 4.69) is 15.1 Å². The molecule has 0 saturated carbocycles. The normalized spacial score (nSPS) is 12.3. The number of nitrogens with zero attached hydrogens (tertiary/aromatic N) is 3. The van der Waals surface area contributed by atoms with Crippen molar-refractivity contribution in [1.82, 2.24) is 19.8 Å². The molecular weight excluding hydrogens is 514 g/mol. The number of non-ortho nitro benzene ring substituents is 1. The second-order valence-electron chi connectivity index (χ2n) is 8.94. The average Bonchev–Trinajstić information content (AvgIpc) is 3.19. The van der Waals surface area contributed by atoms with Gasteiger partial charge in [-0.3, -0.25) is 14.9 Å². The van der Waals surface area contributed by atoms with Gasteiger partial charge in [-0.1, -0.05) is 6.92 Å². The number of nitrogens with one attached hydrogen (secondary N) is 2. The van der Waals surface area contributed by atoms with Gasteiger partial charge in [-0.15, -0.1) is 0 Å². The Morgan fingerprint density at radius 3 is 2.37 bits per heavy atom. The molecule has 0 radical (unpaired) electrons. The van der Waals surface area contributed by atoms with Gasteiger partial charge in [-0.05, 0) is 64.4 Å². The molecule has 38 heavy (non-hydrogen) atoms. The van der Waals surface area contributed by atoms with Crippen molar-refractivity contribution < 1.29 is 27.6 Å². The molecule has 1 amide bonds. The molecule has 3 rings (SSSR count). The highest BCUT2D eigenvalue weighted by molar-refractivity contribution is 7.89. The molecule has 0 fully saturated rings. The van der Waals surface area contributed by atoms with E-state index in [-0.39, 0.29) is 23.4 Å². The highest BCUT2D eigenvalue weighted by atomic mass is 32.2. The minimum atomic E-state index is -4.21. The number of sulfonamides is 1. The third-order valence-electron chi connectivity index (χ3n) is 5.62. The number of carbonyl (C=O) groups excluding carboxylic acids is 1. The molecular formula is C25H31N5O7S. The number of amides is 1.